The second kappa shape index (κ2) is 11.1. The third-order valence-corrected chi connectivity index (χ3v) is 9.04. The minimum absolute atomic E-state index is 0.110. The van der Waals surface area contributed by atoms with Crippen molar-refractivity contribution in [3.63, 3.8) is 0 Å². The molecule has 0 amide bonds. The average molecular weight is 533 g/mol. The summed E-state index contributed by atoms with van der Waals surface area (Å²) in [5.74, 6) is -1.08. The van der Waals surface area contributed by atoms with E-state index in [2.05, 4.69) is 6.58 Å². The fourth-order valence-electron chi connectivity index (χ4n) is 4.91. The molecule has 0 saturated heterocycles. The number of ether oxygens (including phenoxy) is 1. The number of carbonyl (C=O) groups is 1. The molecule has 0 bridgehead atoms. The quantitative estimate of drug-likeness (QED) is 0.137. The van der Waals surface area contributed by atoms with Gasteiger partial charge in [0.1, 0.15) is 6.04 Å². The molecule has 0 spiro atoms. The Bertz CT molecular complexity index is 1420. The molecule has 38 heavy (non-hydrogen) atoms. The van der Waals surface area contributed by atoms with Crippen LogP contribution in [0.25, 0.3) is 0 Å². The second-order valence-electron chi connectivity index (χ2n) is 9.06. The van der Waals surface area contributed by atoms with Crippen LogP contribution in [0.3, 0.4) is 0 Å². The molecular formula is C29H28N2O6S. The highest BCUT2D eigenvalue weighted by atomic mass is 32.2. The van der Waals surface area contributed by atoms with Gasteiger partial charge in [-0.15, -0.1) is 0 Å². The Labute approximate surface area is 221 Å². The van der Waals surface area contributed by atoms with E-state index in [1.54, 1.807) is 61.5 Å². The van der Waals surface area contributed by atoms with Crippen LogP contribution in [0.4, 0.5) is 0 Å². The van der Waals surface area contributed by atoms with Gasteiger partial charge in [-0.3, -0.25) is 19.9 Å². The lowest BCUT2D eigenvalue weighted by Crippen LogP contribution is -2.63. The molecule has 4 rings (SSSR count). The van der Waals surface area contributed by atoms with Gasteiger partial charge in [-0.2, -0.15) is 0 Å². The first-order valence-corrected chi connectivity index (χ1v) is 13.7. The topological polar surface area (TPSA) is 116 Å². The maximum Gasteiger partial charge on any atom is 0.330 e. The molecule has 0 unspecified atom stereocenters. The number of rotatable bonds is 8. The first-order valence-electron chi connectivity index (χ1n) is 12.2. The third-order valence-electron chi connectivity index (χ3n) is 6.64. The zero-order valence-corrected chi connectivity index (χ0v) is 21.7. The number of hydrogen-bond acceptors (Lipinski definition) is 7. The Morgan fingerprint density at radius 1 is 1.00 bits per heavy atom. The van der Waals surface area contributed by atoms with Crippen molar-refractivity contribution in [3.8, 4) is 0 Å². The lowest BCUT2D eigenvalue weighted by molar-refractivity contribution is -0.527. The number of esters is 1. The van der Waals surface area contributed by atoms with Crippen molar-refractivity contribution in [3.05, 3.63) is 124 Å². The highest BCUT2D eigenvalue weighted by Gasteiger charge is 2.66. The monoisotopic (exact) mass is 532 g/mol. The van der Waals surface area contributed by atoms with E-state index < -0.39 is 37.6 Å². The molecule has 0 N–H and O–H groups in total. The van der Waals surface area contributed by atoms with Crippen molar-refractivity contribution in [2.24, 2.45) is 4.99 Å². The molecule has 1 aliphatic carbocycles. The van der Waals surface area contributed by atoms with Crippen molar-refractivity contribution < 1.29 is 22.9 Å². The summed E-state index contributed by atoms with van der Waals surface area (Å²) < 4.78 is 31.7. The number of nitrogens with zero attached hydrogens (tertiary/aromatic N) is 2. The summed E-state index contributed by atoms with van der Waals surface area (Å²) in [6.07, 6.45) is -0.470. The Morgan fingerprint density at radius 3 is 1.97 bits per heavy atom. The Balaban J connectivity index is 2.08. The summed E-state index contributed by atoms with van der Waals surface area (Å²) in [4.78, 5) is 30.3. The SMILES string of the molecule is C=C1C[C@H]([N+](=O)[O-])[C@@H](N=C(c2ccccc2)c2ccccc2)[C@@](C(=O)OCC)(S(=O)(=O)c2ccccc2)C1. The molecule has 1 aliphatic rings. The normalized spacial score (nSPS) is 21.3. The van der Waals surface area contributed by atoms with Crippen LogP contribution in [0.2, 0.25) is 0 Å². The molecule has 0 heterocycles. The molecule has 3 atom stereocenters. The molecule has 196 valence electrons. The Hall–Kier alpha value is -4.11. The summed E-state index contributed by atoms with van der Waals surface area (Å²) >= 11 is 0. The van der Waals surface area contributed by atoms with E-state index >= 15 is 0 Å². The van der Waals surface area contributed by atoms with Crippen LogP contribution in [0.5, 0.6) is 0 Å². The molecule has 0 radical (unpaired) electrons. The molecule has 0 aromatic heterocycles. The maximum absolute atomic E-state index is 14.4. The summed E-state index contributed by atoms with van der Waals surface area (Å²) in [6, 6.07) is 22.3. The number of hydrogen-bond donors (Lipinski definition) is 0. The van der Waals surface area contributed by atoms with Gasteiger partial charge in [0.05, 0.1) is 17.2 Å². The number of aliphatic imine (C=N–C) groups is 1. The lowest BCUT2D eigenvalue weighted by atomic mass is 9.77. The maximum atomic E-state index is 14.4. The van der Waals surface area contributed by atoms with Crippen LogP contribution in [-0.4, -0.2) is 48.5 Å². The molecule has 0 aliphatic heterocycles. The van der Waals surface area contributed by atoms with Crippen LogP contribution < -0.4 is 0 Å². The van der Waals surface area contributed by atoms with Gasteiger partial charge in [-0.1, -0.05) is 91.0 Å². The molecular weight excluding hydrogens is 504 g/mol. The number of nitro groups is 1. The summed E-state index contributed by atoms with van der Waals surface area (Å²) in [5.41, 5.74) is 1.86. The first kappa shape index (κ1) is 26.9. The predicted molar refractivity (Wildman–Crippen MR) is 144 cm³/mol. The molecule has 1 fully saturated rings. The van der Waals surface area contributed by atoms with Gasteiger partial charge in [-0.25, -0.2) is 8.42 Å². The fraction of sp³-hybridized carbons (Fsp3) is 0.241. The van der Waals surface area contributed by atoms with Gasteiger partial charge in [-0.05, 0) is 19.1 Å². The van der Waals surface area contributed by atoms with Crippen molar-refractivity contribution in [1.29, 1.82) is 0 Å². The lowest BCUT2D eigenvalue weighted by Gasteiger charge is -2.41. The minimum Gasteiger partial charge on any atom is -0.465 e. The summed E-state index contributed by atoms with van der Waals surface area (Å²) in [7, 11) is -4.55. The minimum atomic E-state index is -4.55. The standard InChI is InChI=1S/C29H28N2O6S/c1-3-37-28(32)29(38(35,36)24-17-11-6-12-18-24)20-21(2)19-25(31(33)34)27(29)30-26(22-13-7-4-8-14-22)23-15-9-5-10-16-23/h4-18,25,27H,2-3,19-20H2,1H3/t25-,27+,29-/m0/s1. The molecule has 1 saturated carbocycles. The number of benzene rings is 3. The summed E-state index contributed by atoms with van der Waals surface area (Å²) in [5, 5.41) is 12.4. The zero-order valence-electron chi connectivity index (χ0n) is 20.9. The Kier molecular flexibility index (Phi) is 7.87. The van der Waals surface area contributed by atoms with Crippen molar-refractivity contribution in [1.82, 2.24) is 0 Å². The van der Waals surface area contributed by atoms with E-state index in [0.717, 1.165) is 0 Å². The number of sulfone groups is 1. The first-order chi connectivity index (χ1) is 18.2. The Morgan fingerprint density at radius 2 is 1.50 bits per heavy atom. The van der Waals surface area contributed by atoms with E-state index in [1.165, 1.54) is 24.3 Å². The van der Waals surface area contributed by atoms with E-state index in [0.29, 0.717) is 16.8 Å². The van der Waals surface area contributed by atoms with Crippen LogP contribution in [-0.2, 0) is 19.4 Å². The molecule has 3 aromatic carbocycles. The van der Waals surface area contributed by atoms with Crippen molar-refractivity contribution in [2.45, 2.75) is 41.5 Å². The highest BCUT2D eigenvalue weighted by molar-refractivity contribution is 7.93. The molecule has 9 heteroatoms. The molecule has 8 nitrogen and oxygen atoms in total. The molecule has 3 aromatic rings. The van der Waals surface area contributed by atoms with Gasteiger partial charge < -0.3 is 4.74 Å². The van der Waals surface area contributed by atoms with Crippen LogP contribution in [0.15, 0.2) is 113 Å². The third kappa shape index (κ3) is 4.89. The van der Waals surface area contributed by atoms with Crippen LogP contribution in [0, 0.1) is 10.1 Å². The average Bonchev–Trinajstić information content (AvgIpc) is 2.93. The summed E-state index contributed by atoms with van der Waals surface area (Å²) in [6.45, 7) is 5.34. The van der Waals surface area contributed by atoms with E-state index in [1.807, 2.05) is 12.1 Å². The van der Waals surface area contributed by atoms with E-state index in [4.69, 9.17) is 9.73 Å². The van der Waals surface area contributed by atoms with Gasteiger partial charge in [0.25, 0.3) is 0 Å². The zero-order chi connectivity index (χ0) is 27.3. The van der Waals surface area contributed by atoms with Crippen LogP contribution in [0.1, 0.15) is 30.9 Å². The predicted octanol–water partition coefficient (Wildman–Crippen LogP) is 4.66. The van der Waals surface area contributed by atoms with E-state index in [-0.39, 0.29) is 29.9 Å². The number of carbonyl (C=O) groups excluding carboxylic acids is 1. The van der Waals surface area contributed by atoms with Gasteiger partial charge in [0.2, 0.25) is 10.8 Å². The van der Waals surface area contributed by atoms with Gasteiger partial charge in [0.15, 0.2) is 9.84 Å². The van der Waals surface area contributed by atoms with Gasteiger partial charge >= 0.3 is 5.97 Å². The van der Waals surface area contributed by atoms with Gasteiger partial charge in [0, 0.05) is 28.9 Å². The van der Waals surface area contributed by atoms with Crippen molar-refractivity contribution in [2.75, 3.05) is 6.61 Å². The second-order valence-corrected chi connectivity index (χ2v) is 11.3. The van der Waals surface area contributed by atoms with Crippen LogP contribution >= 0.6 is 0 Å². The fourth-order valence-corrected chi connectivity index (χ4v) is 7.05. The smallest absolute Gasteiger partial charge is 0.330 e. The van der Waals surface area contributed by atoms with Crippen molar-refractivity contribution >= 4 is 21.5 Å². The van der Waals surface area contributed by atoms with E-state index in [9.17, 15) is 23.3 Å². The largest absolute Gasteiger partial charge is 0.465 e. The highest BCUT2D eigenvalue weighted by Crippen LogP contribution is 2.45.